The summed E-state index contributed by atoms with van der Waals surface area (Å²) < 4.78 is 3.61. The Morgan fingerprint density at radius 2 is 2.38 bits per heavy atom. The first kappa shape index (κ1) is 13.7. The van der Waals surface area contributed by atoms with Gasteiger partial charge in [0.1, 0.15) is 18.7 Å². The van der Waals surface area contributed by atoms with E-state index in [0.29, 0.717) is 5.92 Å². The Bertz CT molecular complexity index is 591. The topological polar surface area (TPSA) is 81.7 Å². The molecule has 0 saturated carbocycles. The first-order chi connectivity index (χ1) is 10.3. The predicted molar refractivity (Wildman–Crippen MR) is 74.3 cm³/mol. The second kappa shape index (κ2) is 6.02. The molecule has 3 heterocycles. The van der Waals surface area contributed by atoms with E-state index in [4.69, 9.17) is 0 Å². The molecule has 1 amide bonds. The fraction of sp³-hybridized carbons (Fsp3) is 0.615. The number of nitrogens with zero attached hydrogens (tertiary/aromatic N) is 7. The molecule has 0 aromatic carbocycles. The van der Waals surface area contributed by atoms with Gasteiger partial charge in [0, 0.05) is 37.9 Å². The maximum Gasteiger partial charge on any atom is 0.244 e. The maximum absolute atomic E-state index is 12.3. The first-order valence-electron chi connectivity index (χ1n) is 7.27. The van der Waals surface area contributed by atoms with Gasteiger partial charge in [0.05, 0.1) is 0 Å². The van der Waals surface area contributed by atoms with Crippen LogP contribution >= 0.6 is 0 Å². The smallest absolute Gasteiger partial charge is 0.244 e. The lowest BCUT2D eigenvalue weighted by Crippen LogP contribution is -2.41. The molecule has 0 bridgehead atoms. The third kappa shape index (κ3) is 2.93. The van der Waals surface area contributed by atoms with E-state index in [9.17, 15) is 4.79 Å². The van der Waals surface area contributed by atoms with Gasteiger partial charge in [-0.25, -0.2) is 9.67 Å². The second-order valence-electron chi connectivity index (χ2n) is 5.26. The Balaban J connectivity index is 1.67. The van der Waals surface area contributed by atoms with E-state index < -0.39 is 0 Å². The van der Waals surface area contributed by atoms with Crippen molar-refractivity contribution in [1.82, 2.24) is 34.7 Å². The van der Waals surface area contributed by atoms with Crippen molar-refractivity contribution >= 4 is 5.91 Å². The highest BCUT2D eigenvalue weighted by atomic mass is 16.2. The number of piperidine rings is 1. The van der Waals surface area contributed by atoms with Crippen molar-refractivity contribution in [1.29, 1.82) is 0 Å². The second-order valence-corrected chi connectivity index (χ2v) is 5.26. The number of imidazole rings is 1. The Kier molecular flexibility index (Phi) is 3.94. The van der Waals surface area contributed by atoms with Crippen LogP contribution in [0.1, 0.15) is 31.5 Å². The summed E-state index contributed by atoms with van der Waals surface area (Å²) in [5, 5.41) is 10.8. The van der Waals surface area contributed by atoms with Crippen LogP contribution in [0.15, 0.2) is 18.7 Å². The molecule has 1 saturated heterocycles. The largest absolute Gasteiger partial charge is 0.340 e. The monoisotopic (exact) mass is 289 g/mol. The number of aryl methyl sites for hydroxylation is 1. The van der Waals surface area contributed by atoms with Crippen LogP contribution in [0.5, 0.6) is 0 Å². The number of rotatable bonds is 4. The summed E-state index contributed by atoms with van der Waals surface area (Å²) >= 11 is 0. The van der Waals surface area contributed by atoms with Gasteiger partial charge >= 0.3 is 0 Å². The average Bonchev–Trinajstić information content (AvgIpc) is 3.18. The van der Waals surface area contributed by atoms with E-state index in [1.807, 2.05) is 17.3 Å². The van der Waals surface area contributed by atoms with Crippen LogP contribution in [0.3, 0.4) is 0 Å². The molecule has 8 heteroatoms. The van der Waals surface area contributed by atoms with Gasteiger partial charge in [-0.3, -0.25) is 4.79 Å². The molecule has 1 fully saturated rings. The molecular formula is C13H19N7O. The normalized spacial score (nSPS) is 18.9. The standard InChI is InChI=1S/C13H19N7O/c1-2-18-7-5-14-13(18)11-4-3-6-19(8-11)12(21)9-20-10-15-16-17-20/h5,7,10-11H,2-4,6,8-9H2,1H3/t11-/m0/s1. The molecule has 0 unspecified atom stereocenters. The van der Waals surface area contributed by atoms with E-state index >= 15 is 0 Å². The van der Waals surface area contributed by atoms with Crippen LogP contribution in [0.25, 0.3) is 0 Å². The van der Waals surface area contributed by atoms with Crippen LogP contribution in [0, 0.1) is 0 Å². The molecule has 0 aliphatic carbocycles. The molecule has 1 atom stereocenters. The Labute approximate surface area is 122 Å². The quantitative estimate of drug-likeness (QED) is 0.808. The minimum absolute atomic E-state index is 0.0570. The fourth-order valence-electron chi connectivity index (χ4n) is 2.85. The van der Waals surface area contributed by atoms with Crippen LogP contribution in [0.4, 0.5) is 0 Å². The number of hydrogen-bond acceptors (Lipinski definition) is 5. The Morgan fingerprint density at radius 1 is 1.48 bits per heavy atom. The highest BCUT2D eigenvalue weighted by Gasteiger charge is 2.27. The summed E-state index contributed by atoms with van der Waals surface area (Å²) in [5.41, 5.74) is 0. The lowest BCUT2D eigenvalue weighted by atomic mass is 9.97. The highest BCUT2D eigenvalue weighted by molar-refractivity contribution is 5.76. The van der Waals surface area contributed by atoms with E-state index in [0.717, 1.165) is 38.3 Å². The number of tetrazole rings is 1. The summed E-state index contributed by atoms with van der Waals surface area (Å²) in [5.74, 6) is 1.45. The van der Waals surface area contributed by atoms with Gasteiger partial charge in [0.2, 0.25) is 5.91 Å². The molecule has 3 rings (SSSR count). The van der Waals surface area contributed by atoms with Crippen molar-refractivity contribution in [3.8, 4) is 0 Å². The van der Waals surface area contributed by atoms with E-state index in [2.05, 4.69) is 32.0 Å². The number of carbonyl (C=O) groups is 1. The zero-order valence-corrected chi connectivity index (χ0v) is 12.1. The molecule has 21 heavy (non-hydrogen) atoms. The molecule has 2 aromatic rings. The van der Waals surface area contributed by atoms with Crippen molar-refractivity contribution in [3.63, 3.8) is 0 Å². The molecule has 0 radical (unpaired) electrons. The number of carbonyl (C=O) groups excluding carboxylic acids is 1. The van der Waals surface area contributed by atoms with Gasteiger partial charge in [0.25, 0.3) is 0 Å². The van der Waals surface area contributed by atoms with Gasteiger partial charge < -0.3 is 9.47 Å². The minimum atomic E-state index is 0.0570. The Hall–Kier alpha value is -2.25. The zero-order valence-electron chi connectivity index (χ0n) is 12.1. The summed E-state index contributed by atoms with van der Waals surface area (Å²) in [7, 11) is 0. The molecule has 112 valence electrons. The molecule has 8 nitrogen and oxygen atoms in total. The number of aromatic nitrogens is 6. The van der Waals surface area contributed by atoms with Crippen LogP contribution in [0.2, 0.25) is 0 Å². The lowest BCUT2D eigenvalue weighted by Gasteiger charge is -2.32. The number of hydrogen-bond donors (Lipinski definition) is 0. The van der Waals surface area contributed by atoms with Crippen LogP contribution in [-0.4, -0.2) is 53.7 Å². The maximum atomic E-state index is 12.3. The minimum Gasteiger partial charge on any atom is -0.340 e. The van der Waals surface area contributed by atoms with E-state index in [1.54, 1.807) is 0 Å². The summed E-state index contributed by atoms with van der Waals surface area (Å²) in [6.07, 6.45) is 7.37. The van der Waals surface area contributed by atoms with Gasteiger partial charge in [-0.1, -0.05) is 0 Å². The summed E-state index contributed by atoms with van der Waals surface area (Å²) in [4.78, 5) is 18.7. The molecular weight excluding hydrogens is 270 g/mol. The van der Waals surface area contributed by atoms with Gasteiger partial charge in [-0.2, -0.15) is 0 Å². The van der Waals surface area contributed by atoms with Crippen molar-refractivity contribution in [3.05, 3.63) is 24.5 Å². The number of likely N-dealkylation sites (tertiary alicyclic amines) is 1. The molecule has 2 aromatic heterocycles. The molecule has 1 aliphatic heterocycles. The fourth-order valence-corrected chi connectivity index (χ4v) is 2.85. The third-order valence-corrected chi connectivity index (χ3v) is 3.92. The van der Waals surface area contributed by atoms with Crippen molar-refractivity contribution in [2.75, 3.05) is 13.1 Å². The molecule has 0 N–H and O–H groups in total. The van der Waals surface area contributed by atoms with Crippen molar-refractivity contribution in [2.45, 2.75) is 38.8 Å². The van der Waals surface area contributed by atoms with Crippen molar-refractivity contribution in [2.24, 2.45) is 0 Å². The van der Waals surface area contributed by atoms with Gasteiger partial charge in [0.15, 0.2) is 0 Å². The summed E-state index contributed by atoms with van der Waals surface area (Å²) in [6, 6.07) is 0. The first-order valence-corrected chi connectivity index (χ1v) is 7.27. The van der Waals surface area contributed by atoms with Crippen LogP contribution in [-0.2, 0) is 17.9 Å². The molecule has 1 aliphatic rings. The van der Waals surface area contributed by atoms with Gasteiger partial charge in [-0.15, -0.1) is 5.10 Å². The Morgan fingerprint density at radius 3 is 3.14 bits per heavy atom. The molecule has 0 spiro atoms. The zero-order chi connectivity index (χ0) is 14.7. The van der Waals surface area contributed by atoms with E-state index in [-0.39, 0.29) is 12.5 Å². The van der Waals surface area contributed by atoms with Crippen molar-refractivity contribution < 1.29 is 4.79 Å². The van der Waals surface area contributed by atoms with Crippen LogP contribution < -0.4 is 0 Å². The van der Waals surface area contributed by atoms with E-state index in [1.165, 1.54) is 11.0 Å². The predicted octanol–water partition coefficient (Wildman–Crippen LogP) is 0.296. The lowest BCUT2D eigenvalue weighted by molar-refractivity contribution is -0.133. The highest BCUT2D eigenvalue weighted by Crippen LogP contribution is 2.25. The third-order valence-electron chi connectivity index (χ3n) is 3.92. The SMILES string of the molecule is CCn1ccnc1[C@H]1CCCN(C(=O)Cn2cnnn2)C1. The summed E-state index contributed by atoms with van der Waals surface area (Å²) in [6.45, 7) is 4.73. The average molecular weight is 289 g/mol. The van der Waals surface area contributed by atoms with Gasteiger partial charge in [-0.05, 0) is 30.2 Å². The number of amides is 1.